The van der Waals surface area contributed by atoms with Crippen LogP contribution in [0.2, 0.25) is 0 Å². The molecular formula is C11H21N3O3. The number of nitrogens with zero attached hydrogens (tertiary/aromatic N) is 1. The maximum atomic E-state index is 12.1. The fourth-order valence-corrected chi connectivity index (χ4v) is 1.75. The number of nitrogens with one attached hydrogen (secondary N) is 1. The second kappa shape index (κ2) is 7.24. The van der Waals surface area contributed by atoms with Crippen LogP contribution in [0.3, 0.4) is 0 Å². The molecule has 98 valence electrons. The zero-order chi connectivity index (χ0) is 12.7. The van der Waals surface area contributed by atoms with E-state index in [0.29, 0.717) is 26.3 Å². The minimum absolute atomic E-state index is 0.0169. The Labute approximate surface area is 101 Å². The van der Waals surface area contributed by atoms with Gasteiger partial charge in [0.25, 0.3) is 0 Å². The second-order valence-electron chi connectivity index (χ2n) is 4.16. The molecule has 6 nitrogen and oxygen atoms in total. The average Bonchev–Trinajstić information content (AvgIpc) is 2.34. The SMILES string of the molecule is CCCCN(CC(N)=O)C(=O)C1COCCN1. The number of rotatable bonds is 6. The quantitative estimate of drug-likeness (QED) is 0.632. The first-order valence-corrected chi connectivity index (χ1v) is 6.03. The van der Waals surface area contributed by atoms with Crippen molar-refractivity contribution in [2.75, 3.05) is 32.8 Å². The molecule has 1 unspecified atom stereocenters. The lowest BCUT2D eigenvalue weighted by molar-refractivity contribution is -0.139. The number of carbonyl (C=O) groups is 2. The Morgan fingerprint density at radius 1 is 1.53 bits per heavy atom. The van der Waals surface area contributed by atoms with Gasteiger partial charge >= 0.3 is 0 Å². The number of primary amides is 1. The highest BCUT2D eigenvalue weighted by Crippen LogP contribution is 2.02. The van der Waals surface area contributed by atoms with Crippen molar-refractivity contribution >= 4 is 11.8 Å². The summed E-state index contributed by atoms with van der Waals surface area (Å²) in [6.45, 7) is 4.23. The summed E-state index contributed by atoms with van der Waals surface area (Å²) in [5, 5.41) is 3.08. The number of unbranched alkanes of at least 4 members (excludes halogenated alkanes) is 1. The van der Waals surface area contributed by atoms with E-state index in [1.807, 2.05) is 6.92 Å². The molecule has 1 heterocycles. The van der Waals surface area contributed by atoms with Gasteiger partial charge in [-0.3, -0.25) is 9.59 Å². The standard InChI is InChI=1S/C11H21N3O3/c1-2-3-5-14(7-10(12)15)11(16)9-8-17-6-4-13-9/h9,13H,2-8H2,1H3,(H2,12,15). The number of hydrogen-bond donors (Lipinski definition) is 2. The molecule has 1 fully saturated rings. The van der Waals surface area contributed by atoms with Crippen molar-refractivity contribution in [3.63, 3.8) is 0 Å². The van der Waals surface area contributed by atoms with Gasteiger partial charge in [-0.05, 0) is 6.42 Å². The Morgan fingerprint density at radius 2 is 2.29 bits per heavy atom. The Kier molecular flexibility index (Phi) is 5.93. The van der Waals surface area contributed by atoms with E-state index < -0.39 is 5.91 Å². The summed E-state index contributed by atoms with van der Waals surface area (Å²) in [6.07, 6.45) is 1.84. The van der Waals surface area contributed by atoms with Crippen LogP contribution in [-0.2, 0) is 14.3 Å². The topological polar surface area (TPSA) is 84.7 Å². The maximum Gasteiger partial charge on any atom is 0.242 e. The molecule has 0 aromatic heterocycles. The number of amides is 2. The lowest BCUT2D eigenvalue weighted by Gasteiger charge is -2.29. The lowest BCUT2D eigenvalue weighted by Crippen LogP contribution is -2.54. The highest BCUT2D eigenvalue weighted by molar-refractivity contribution is 5.87. The summed E-state index contributed by atoms with van der Waals surface area (Å²) < 4.78 is 5.24. The number of morpholine rings is 1. The first kappa shape index (κ1) is 13.9. The van der Waals surface area contributed by atoms with E-state index in [9.17, 15) is 9.59 Å². The van der Waals surface area contributed by atoms with E-state index in [2.05, 4.69) is 5.32 Å². The number of carbonyl (C=O) groups excluding carboxylic acids is 2. The molecule has 1 atom stereocenters. The fraction of sp³-hybridized carbons (Fsp3) is 0.818. The summed E-state index contributed by atoms with van der Waals surface area (Å²) in [7, 11) is 0. The van der Waals surface area contributed by atoms with Gasteiger partial charge < -0.3 is 20.7 Å². The number of ether oxygens (including phenoxy) is 1. The Bertz CT molecular complexity index is 265. The van der Waals surface area contributed by atoms with Gasteiger partial charge in [0.2, 0.25) is 11.8 Å². The summed E-state index contributed by atoms with van der Waals surface area (Å²) in [5.41, 5.74) is 5.15. The third kappa shape index (κ3) is 4.70. The predicted octanol–water partition coefficient (Wildman–Crippen LogP) is -0.911. The van der Waals surface area contributed by atoms with E-state index in [1.165, 1.54) is 4.90 Å². The number of hydrogen-bond acceptors (Lipinski definition) is 4. The first-order valence-electron chi connectivity index (χ1n) is 6.03. The Balaban J connectivity index is 2.53. The molecule has 17 heavy (non-hydrogen) atoms. The van der Waals surface area contributed by atoms with E-state index in [-0.39, 0.29) is 18.5 Å². The Morgan fingerprint density at radius 3 is 2.82 bits per heavy atom. The van der Waals surface area contributed by atoms with Gasteiger partial charge in [0.15, 0.2) is 0 Å². The fourth-order valence-electron chi connectivity index (χ4n) is 1.75. The molecule has 1 aliphatic heterocycles. The summed E-state index contributed by atoms with van der Waals surface area (Å²) >= 11 is 0. The zero-order valence-electron chi connectivity index (χ0n) is 10.3. The molecule has 1 rings (SSSR count). The monoisotopic (exact) mass is 243 g/mol. The summed E-state index contributed by atoms with van der Waals surface area (Å²) in [6, 6.07) is -0.347. The van der Waals surface area contributed by atoms with Crippen LogP contribution in [0.25, 0.3) is 0 Å². The molecule has 0 radical (unpaired) electrons. The lowest BCUT2D eigenvalue weighted by atomic mass is 10.2. The molecular weight excluding hydrogens is 222 g/mol. The second-order valence-corrected chi connectivity index (χ2v) is 4.16. The van der Waals surface area contributed by atoms with Crippen LogP contribution in [0.1, 0.15) is 19.8 Å². The van der Waals surface area contributed by atoms with Crippen molar-refractivity contribution in [2.45, 2.75) is 25.8 Å². The third-order valence-electron chi connectivity index (χ3n) is 2.66. The van der Waals surface area contributed by atoms with Gasteiger partial charge in [-0.1, -0.05) is 13.3 Å². The van der Waals surface area contributed by atoms with Crippen LogP contribution < -0.4 is 11.1 Å². The molecule has 2 amide bonds. The van der Waals surface area contributed by atoms with Crippen molar-refractivity contribution in [3.8, 4) is 0 Å². The van der Waals surface area contributed by atoms with Gasteiger partial charge in [0.1, 0.15) is 6.04 Å². The highest BCUT2D eigenvalue weighted by atomic mass is 16.5. The minimum Gasteiger partial charge on any atom is -0.378 e. The van der Waals surface area contributed by atoms with Crippen LogP contribution >= 0.6 is 0 Å². The first-order chi connectivity index (χ1) is 8.15. The van der Waals surface area contributed by atoms with Crippen LogP contribution in [0.5, 0.6) is 0 Å². The molecule has 0 aromatic rings. The van der Waals surface area contributed by atoms with Crippen molar-refractivity contribution in [2.24, 2.45) is 5.73 Å². The van der Waals surface area contributed by atoms with Crippen molar-refractivity contribution < 1.29 is 14.3 Å². The van der Waals surface area contributed by atoms with Gasteiger partial charge in [-0.15, -0.1) is 0 Å². The molecule has 1 saturated heterocycles. The molecule has 0 saturated carbocycles. The molecule has 6 heteroatoms. The van der Waals surface area contributed by atoms with Gasteiger partial charge in [-0.2, -0.15) is 0 Å². The molecule has 0 aliphatic carbocycles. The van der Waals surface area contributed by atoms with Crippen molar-refractivity contribution in [1.82, 2.24) is 10.2 Å². The van der Waals surface area contributed by atoms with E-state index in [0.717, 1.165) is 12.8 Å². The number of nitrogens with two attached hydrogens (primary N) is 1. The van der Waals surface area contributed by atoms with E-state index in [4.69, 9.17) is 10.5 Å². The zero-order valence-corrected chi connectivity index (χ0v) is 10.3. The van der Waals surface area contributed by atoms with E-state index >= 15 is 0 Å². The van der Waals surface area contributed by atoms with Crippen LogP contribution in [0.15, 0.2) is 0 Å². The smallest absolute Gasteiger partial charge is 0.242 e. The minimum atomic E-state index is -0.480. The predicted molar refractivity (Wildman–Crippen MR) is 63.3 cm³/mol. The summed E-state index contributed by atoms with van der Waals surface area (Å²) in [4.78, 5) is 24.6. The van der Waals surface area contributed by atoms with Gasteiger partial charge in [0.05, 0.1) is 19.8 Å². The largest absolute Gasteiger partial charge is 0.378 e. The van der Waals surface area contributed by atoms with Gasteiger partial charge in [0, 0.05) is 13.1 Å². The van der Waals surface area contributed by atoms with Crippen molar-refractivity contribution in [3.05, 3.63) is 0 Å². The van der Waals surface area contributed by atoms with Crippen LogP contribution in [0, 0.1) is 0 Å². The van der Waals surface area contributed by atoms with Crippen molar-refractivity contribution in [1.29, 1.82) is 0 Å². The Hall–Kier alpha value is -1.14. The highest BCUT2D eigenvalue weighted by Gasteiger charge is 2.26. The third-order valence-corrected chi connectivity index (χ3v) is 2.66. The molecule has 3 N–H and O–H groups in total. The van der Waals surface area contributed by atoms with E-state index in [1.54, 1.807) is 0 Å². The average molecular weight is 243 g/mol. The maximum absolute atomic E-state index is 12.1. The van der Waals surface area contributed by atoms with Gasteiger partial charge in [-0.25, -0.2) is 0 Å². The van der Waals surface area contributed by atoms with Crippen LogP contribution in [-0.4, -0.2) is 55.6 Å². The molecule has 0 aromatic carbocycles. The normalized spacial score (nSPS) is 19.9. The summed E-state index contributed by atoms with van der Waals surface area (Å²) in [5.74, 6) is -0.580. The molecule has 0 bridgehead atoms. The molecule has 1 aliphatic rings. The molecule has 0 spiro atoms. The van der Waals surface area contributed by atoms with Crippen LogP contribution in [0.4, 0.5) is 0 Å².